The molecule has 0 aliphatic heterocycles. The van der Waals surface area contributed by atoms with Crippen LogP contribution in [0.5, 0.6) is 0 Å². The zero-order valence-corrected chi connectivity index (χ0v) is 32.0. The summed E-state index contributed by atoms with van der Waals surface area (Å²) in [6.07, 6.45) is 8.59. The minimum atomic E-state index is 0. The van der Waals surface area contributed by atoms with Crippen LogP contribution < -0.4 is 24.8 Å². The maximum atomic E-state index is 3.26. The molecule has 5 aromatic rings. The third-order valence-corrected chi connectivity index (χ3v) is 9.32. The molecule has 45 heavy (non-hydrogen) atoms. The molecule has 5 aromatic carbocycles. The molecule has 0 fully saturated rings. The third-order valence-electron chi connectivity index (χ3n) is 7.90. The molecular weight excluding hydrogens is 667 g/mol. The van der Waals surface area contributed by atoms with E-state index in [2.05, 4.69) is 177 Å². The first-order valence-corrected chi connectivity index (χ1v) is 16.7. The second-order valence-corrected chi connectivity index (χ2v) is 15.0. The van der Waals surface area contributed by atoms with Gasteiger partial charge in [-0.2, -0.15) is 6.08 Å². The van der Waals surface area contributed by atoms with Gasteiger partial charge in [-0.1, -0.05) is 96.7 Å². The van der Waals surface area contributed by atoms with E-state index in [1.54, 1.807) is 0 Å². The van der Waals surface area contributed by atoms with Crippen LogP contribution in [-0.4, -0.2) is 3.21 Å². The Morgan fingerprint density at radius 2 is 1.09 bits per heavy atom. The summed E-state index contributed by atoms with van der Waals surface area (Å²) in [7, 11) is 0. The third kappa shape index (κ3) is 10.5. The number of hydrogen-bond acceptors (Lipinski definition) is 0. The molecule has 0 radical (unpaired) electrons. The average Bonchev–Trinajstić information content (AvgIpc) is 3.65. The van der Waals surface area contributed by atoms with Crippen molar-refractivity contribution >= 4 is 24.8 Å². The Balaban J connectivity index is 0.000000254. The van der Waals surface area contributed by atoms with Crippen LogP contribution >= 0.6 is 0 Å². The molecule has 3 heteroatoms. The standard InChI is InChI=1S/C21H25.C13H10.C8H11.2ClH.Zr/c1-20(2,3)16-7-9-18-14(12-16)11-15-13-17(21(4,5)6)8-10-19(15)18;1-3-7-12(8-4-1)11-13-9-5-2-6-10-13;1-7(2)8-5-3-4-6-8;;;/h7-13H,1-6H3;1-10H;3,5,7H,4H2,1-2H3;2*1H;/q-1;;-1;;;+2/p-2. The van der Waals surface area contributed by atoms with Crippen molar-refractivity contribution in [3.8, 4) is 0 Å². The van der Waals surface area contributed by atoms with Crippen molar-refractivity contribution < 1.29 is 49.0 Å². The van der Waals surface area contributed by atoms with Crippen LogP contribution in [0.1, 0.15) is 84.1 Å². The molecule has 0 spiro atoms. The van der Waals surface area contributed by atoms with E-state index in [0.717, 1.165) is 6.42 Å². The number of rotatable bonds is 3. The van der Waals surface area contributed by atoms with Crippen molar-refractivity contribution in [1.82, 2.24) is 0 Å². The Hall–Kier alpha value is -2.44. The molecule has 1 aliphatic rings. The molecule has 0 N–H and O–H groups in total. The van der Waals surface area contributed by atoms with Gasteiger partial charge in [0.15, 0.2) is 0 Å². The molecule has 0 saturated heterocycles. The summed E-state index contributed by atoms with van der Waals surface area (Å²) in [5.41, 5.74) is 7.24. The Labute approximate surface area is 299 Å². The van der Waals surface area contributed by atoms with Crippen LogP contribution in [-0.2, 0) is 35.1 Å². The molecule has 0 unspecified atom stereocenters. The summed E-state index contributed by atoms with van der Waals surface area (Å²) in [6.45, 7) is 18.0. The first-order valence-electron chi connectivity index (χ1n) is 15.5. The van der Waals surface area contributed by atoms with Gasteiger partial charge in [-0.3, -0.25) is 6.08 Å². The first-order chi connectivity index (χ1) is 20.3. The van der Waals surface area contributed by atoms with Gasteiger partial charge in [0.2, 0.25) is 0 Å². The van der Waals surface area contributed by atoms with Crippen LogP contribution in [0.15, 0.2) is 121 Å². The summed E-state index contributed by atoms with van der Waals surface area (Å²) in [6, 6.07) is 37.3. The van der Waals surface area contributed by atoms with Crippen LogP contribution in [0, 0.1) is 12.0 Å². The van der Waals surface area contributed by atoms with Gasteiger partial charge in [-0.05, 0) is 10.8 Å². The van der Waals surface area contributed by atoms with Gasteiger partial charge in [-0.25, -0.2) is 11.6 Å². The van der Waals surface area contributed by atoms with Gasteiger partial charge >= 0.3 is 99.2 Å². The Kier molecular flexibility index (Phi) is 14.6. The Morgan fingerprint density at radius 1 is 0.667 bits per heavy atom. The van der Waals surface area contributed by atoms with Crippen molar-refractivity contribution in [2.45, 2.75) is 72.6 Å². The topological polar surface area (TPSA) is 0 Å². The van der Waals surface area contributed by atoms with E-state index < -0.39 is 0 Å². The van der Waals surface area contributed by atoms with Gasteiger partial charge < -0.3 is 24.8 Å². The van der Waals surface area contributed by atoms with E-state index in [0.29, 0.717) is 5.92 Å². The SMILES string of the molecule is CC(C)(C)c1ccc2c(c1)[cH-]c1cc(C(C)(C)C)ccc12.CC(C)C1=[C-]CC=C1.[Cl-].[Cl-].[Zr+2]=[C](c1ccccc1)c1ccccc1. The monoisotopic (exact) mass is 710 g/mol. The van der Waals surface area contributed by atoms with E-state index in [1.807, 2.05) is 0 Å². The van der Waals surface area contributed by atoms with Crippen LogP contribution in [0.4, 0.5) is 0 Å². The van der Waals surface area contributed by atoms with Gasteiger partial charge in [0.05, 0.1) is 0 Å². The van der Waals surface area contributed by atoms with Crippen LogP contribution in [0.2, 0.25) is 0 Å². The number of benzene rings is 4. The summed E-state index contributed by atoms with van der Waals surface area (Å²) in [5.74, 6) is 0.661. The molecule has 0 aromatic heterocycles. The molecule has 1 aliphatic carbocycles. The van der Waals surface area contributed by atoms with Crippen LogP contribution in [0.25, 0.3) is 21.5 Å². The normalized spacial score (nSPS) is 12.4. The average molecular weight is 713 g/mol. The van der Waals surface area contributed by atoms with E-state index in [-0.39, 0.29) is 35.6 Å². The minimum absolute atomic E-state index is 0. The zero-order chi connectivity index (χ0) is 31.2. The van der Waals surface area contributed by atoms with E-state index in [1.165, 1.54) is 76.8 Å². The van der Waals surface area contributed by atoms with Gasteiger partial charge in [0.1, 0.15) is 0 Å². The second-order valence-electron chi connectivity index (χ2n) is 13.7. The zero-order valence-electron chi connectivity index (χ0n) is 28.0. The Morgan fingerprint density at radius 3 is 1.40 bits per heavy atom. The summed E-state index contributed by atoms with van der Waals surface area (Å²) < 4.78 is 1.42. The summed E-state index contributed by atoms with van der Waals surface area (Å²) in [4.78, 5) is 0. The van der Waals surface area contributed by atoms with E-state index >= 15 is 0 Å². The molecule has 0 saturated carbocycles. The summed E-state index contributed by atoms with van der Waals surface area (Å²) in [5, 5.41) is 5.48. The quantitative estimate of drug-likeness (QED) is 0.219. The number of hydrogen-bond donors (Lipinski definition) is 0. The fraction of sp³-hybridized carbons (Fsp3) is 0.286. The number of halogens is 2. The molecule has 6 rings (SSSR count). The molecule has 0 atom stereocenters. The number of fused-ring (bicyclic) bond motifs is 3. The molecule has 0 amide bonds. The van der Waals surface area contributed by atoms with Crippen molar-refractivity contribution in [3.63, 3.8) is 0 Å². The predicted molar refractivity (Wildman–Crippen MR) is 186 cm³/mol. The van der Waals surface area contributed by atoms with Crippen molar-refractivity contribution in [2.75, 3.05) is 0 Å². The fourth-order valence-corrected chi connectivity index (χ4v) is 5.97. The molecular formula is C42H46Cl2Zr-2. The molecule has 0 nitrogen and oxygen atoms in total. The predicted octanol–water partition coefficient (Wildman–Crippen LogP) is 5.45. The van der Waals surface area contributed by atoms with Gasteiger partial charge in [0.25, 0.3) is 0 Å². The van der Waals surface area contributed by atoms with E-state index in [9.17, 15) is 0 Å². The van der Waals surface area contributed by atoms with Gasteiger partial charge in [-0.15, -0.1) is 46.2 Å². The van der Waals surface area contributed by atoms with Crippen molar-refractivity contribution in [1.29, 1.82) is 0 Å². The second kappa shape index (κ2) is 16.9. The van der Waals surface area contributed by atoms with Crippen LogP contribution in [0.3, 0.4) is 0 Å². The fourth-order valence-electron chi connectivity index (χ4n) is 5.15. The maximum absolute atomic E-state index is 3.26. The van der Waals surface area contributed by atoms with Crippen molar-refractivity contribution in [2.24, 2.45) is 5.92 Å². The number of allylic oxidation sites excluding steroid dienone is 4. The van der Waals surface area contributed by atoms with Gasteiger partial charge in [0, 0.05) is 0 Å². The van der Waals surface area contributed by atoms with E-state index in [4.69, 9.17) is 0 Å². The molecule has 0 bridgehead atoms. The first kappa shape index (κ1) is 38.7. The van der Waals surface area contributed by atoms with Crippen molar-refractivity contribution in [3.05, 3.63) is 149 Å². The molecule has 0 heterocycles. The molecule has 234 valence electrons. The summed E-state index contributed by atoms with van der Waals surface area (Å²) >= 11 is 1.46. The Bertz CT molecular complexity index is 1610.